The summed E-state index contributed by atoms with van der Waals surface area (Å²) in [4.78, 5) is 39.7. The molecule has 2 aromatic rings. The average molecular weight is 486 g/mol. The second-order valence-electron chi connectivity index (χ2n) is 7.92. The zero-order valence-electron chi connectivity index (χ0n) is 17.4. The van der Waals surface area contributed by atoms with Gasteiger partial charge in [0.15, 0.2) is 11.4 Å². The lowest BCUT2D eigenvalue weighted by molar-refractivity contribution is 0.0553. The fourth-order valence-corrected chi connectivity index (χ4v) is 4.46. The van der Waals surface area contributed by atoms with Crippen LogP contribution in [0.2, 0.25) is 5.02 Å². The first kappa shape index (κ1) is 24.0. The van der Waals surface area contributed by atoms with E-state index in [0.717, 1.165) is 0 Å². The van der Waals surface area contributed by atoms with Crippen LogP contribution in [0.4, 0.5) is 4.39 Å². The van der Waals surface area contributed by atoms with Gasteiger partial charge < -0.3 is 24.6 Å². The number of fused-ring (bicyclic) bond motifs is 1. The van der Waals surface area contributed by atoms with Crippen molar-refractivity contribution in [1.82, 2.24) is 14.8 Å². The third-order valence-electron chi connectivity index (χ3n) is 6.16. The lowest BCUT2D eigenvalue weighted by Crippen LogP contribution is -2.50. The van der Waals surface area contributed by atoms with Gasteiger partial charge >= 0.3 is 0 Å². The molecule has 1 aliphatic heterocycles. The molecule has 1 saturated carbocycles. The van der Waals surface area contributed by atoms with Gasteiger partial charge in [0.25, 0.3) is 11.8 Å². The Morgan fingerprint density at radius 2 is 2.12 bits per heavy atom. The number of carbonyl (C=O) groups is 2. The molecule has 11 heteroatoms. The van der Waals surface area contributed by atoms with Crippen molar-refractivity contribution in [2.75, 3.05) is 20.8 Å². The molecule has 0 bridgehead atoms. The molecule has 2 aliphatic rings. The molecule has 8 nitrogen and oxygen atoms in total. The number of rotatable bonds is 5. The van der Waals surface area contributed by atoms with E-state index in [9.17, 15) is 23.9 Å². The maximum Gasteiger partial charge on any atom is 0.274 e. The zero-order valence-corrected chi connectivity index (χ0v) is 18.9. The molecule has 172 valence electrons. The van der Waals surface area contributed by atoms with Crippen LogP contribution in [-0.4, -0.2) is 52.7 Å². The van der Waals surface area contributed by atoms with Gasteiger partial charge in [-0.15, -0.1) is 12.4 Å². The number of methoxy groups -OCH3 is 1. The quantitative estimate of drug-likeness (QED) is 0.675. The highest BCUT2D eigenvalue weighted by Crippen LogP contribution is 2.52. The lowest BCUT2D eigenvalue weighted by Gasteiger charge is -2.37. The van der Waals surface area contributed by atoms with Crippen molar-refractivity contribution in [3.8, 4) is 5.75 Å². The maximum absolute atomic E-state index is 14.1. The van der Waals surface area contributed by atoms with Crippen LogP contribution in [0.5, 0.6) is 5.75 Å². The van der Waals surface area contributed by atoms with Crippen LogP contribution in [0.3, 0.4) is 0 Å². The van der Waals surface area contributed by atoms with Crippen LogP contribution in [0.25, 0.3) is 0 Å². The molecule has 0 unspecified atom stereocenters. The molecule has 0 radical (unpaired) electrons. The number of aromatic nitrogens is 1. The molecule has 2 amide bonds. The molecule has 0 saturated heterocycles. The average Bonchev–Trinajstić information content (AvgIpc) is 3.42. The van der Waals surface area contributed by atoms with E-state index < -0.39 is 34.3 Å². The highest BCUT2D eigenvalue weighted by atomic mass is 35.5. The zero-order chi connectivity index (χ0) is 22.5. The topological polar surface area (TPSA) is 101 Å². The Balaban J connectivity index is 0.00000289. The van der Waals surface area contributed by atoms with Crippen molar-refractivity contribution >= 4 is 35.8 Å². The highest BCUT2D eigenvalue weighted by molar-refractivity contribution is 6.30. The number of ether oxygens (including phenoxy) is 1. The molecule has 2 heterocycles. The van der Waals surface area contributed by atoms with E-state index in [2.05, 4.69) is 5.32 Å². The van der Waals surface area contributed by atoms with Gasteiger partial charge in [0, 0.05) is 44.9 Å². The molecule has 1 aliphatic carbocycles. The van der Waals surface area contributed by atoms with E-state index in [1.165, 1.54) is 27.8 Å². The Morgan fingerprint density at radius 1 is 1.41 bits per heavy atom. The van der Waals surface area contributed by atoms with Gasteiger partial charge in [0.05, 0.1) is 17.2 Å². The summed E-state index contributed by atoms with van der Waals surface area (Å²) in [6, 6.07) is 4.38. The monoisotopic (exact) mass is 485 g/mol. The van der Waals surface area contributed by atoms with Gasteiger partial charge in [-0.3, -0.25) is 14.4 Å². The molecule has 2 atom stereocenters. The minimum absolute atomic E-state index is 0. The van der Waals surface area contributed by atoms with E-state index in [-0.39, 0.29) is 46.7 Å². The Hall–Kier alpha value is -2.62. The number of benzene rings is 1. The number of halogens is 3. The van der Waals surface area contributed by atoms with Crippen LogP contribution in [0, 0.1) is 11.7 Å². The number of amides is 2. The van der Waals surface area contributed by atoms with Crippen molar-refractivity contribution in [3.05, 3.63) is 62.3 Å². The molecule has 1 aromatic heterocycles. The van der Waals surface area contributed by atoms with Gasteiger partial charge in [-0.2, -0.15) is 0 Å². The molecular weight excluding hydrogens is 464 g/mol. The number of nitrogens with one attached hydrogen (secondary N) is 1. The summed E-state index contributed by atoms with van der Waals surface area (Å²) in [5.74, 6) is -2.61. The fourth-order valence-electron chi connectivity index (χ4n) is 4.27. The number of aromatic hydroxyl groups is 1. The van der Waals surface area contributed by atoms with E-state index in [0.29, 0.717) is 19.6 Å². The second kappa shape index (κ2) is 8.73. The minimum atomic E-state index is -0.961. The van der Waals surface area contributed by atoms with Gasteiger partial charge in [-0.25, -0.2) is 4.39 Å². The SMILES string of the molecule is COC[C@@H]1C[C@]12Cn1cc(C(=O)NCc3cccc(Cl)c3F)c(=O)c(O)c1C(=O)N2C.Cl. The van der Waals surface area contributed by atoms with Crippen molar-refractivity contribution in [2.45, 2.75) is 25.0 Å². The molecule has 32 heavy (non-hydrogen) atoms. The Kier molecular flexibility index (Phi) is 6.55. The van der Waals surface area contributed by atoms with Crippen LogP contribution in [-0.2, 0) is 17.8 Å². The summed E-state index contributed by atoms with van der Waals surface area (Å²) in [6.07, 6.45) is 1.99. The Labute approximate surface area is 194 Å². The minimum Gasteiger partial charge on any atom is -0.503 e. The normalized spacial score (nSPS) is 21.2. The van der Waals surface area contributed by atoms with E-state index >= 15 is 0 Å². The van der Waals surface area contributed by atoms with Crippen molar-refractivity contribution in [1.29, 1.82) is 0 Å². The number of nitrogens with zero attached hydrogens (tertiary/aromatic N) is 2. The Bertz CT molecular complexity index is 1150. The maximum atomic E-state index is 14.1. The predicted octanol–water partition coefficient (Wildman–Crippen LogP) is 2.19. The number of likely N-dealkylation sites (N-methyl/N-ethyl adjacent to an activating group) is 1. The summed E-state index contributed by atoms with van der Waals surface area (Å²) in [5, 5.41) is 12.8. The summed E-state index contributed by atoms with van der Waals surface area (Å²) >= 11 is 5.74. The smallest absolute Gasteiger partial charge is 0.274 e. The molecule has 1 spiro atoms. The molecular formula is C21H22Cl2FN3O5. The van der Waals surface area contributed by atoms with Gasteiger partial charge in [-0.05, 0) is 12.5 Å². The van der Waals surface area contributed by atoms with Gasteiger partial charge in [-0.1, -0.05) is 23.7 Å². The molecule has 1 aromatic carbocycles. The fraction of sp³-hybridized carbons (Fsp3) is 0.381. The standard InChI is InChI=1S/C21H21ClFN3O5.ClH/c1-25-20(30)16-18(28)17(27)13(8-26(16)10-21(25)6-12(21)9-31-2)19(29)24-7-11-4-3-5-14(22)15(11)23;/h3-5,8,12,28H,6-7,9-10H2,1-2H3,(H,24,29);1H/t12-,21-;/m0./s1. The predicted molar refractivity (Wildman–Crippen MR) is 117 cm³/mol. The number of carbonyl (C=O) groups excluding carboxylic acids is 2. The molecule has 1 fully saturated rings. The largest absolute Gasteiger partial charge is 0.503 e. The van der Waals surface area contributed by atoms with Crippen LogP contribution in [0.15, 0.2) is 29.2 Å². The summed E-state index contributed by atoms with van der Waals surface area (Å²) in [5.41, 5.74) is -1.78. The van der Waals surface area contributed by atoms with Crippen molar-refractivity contribution < 1.29 is 23.8 Å². The van der Waals surface area contributed by atoms with Crippen LogP contribution >= 0.6 is 24.0 Å². The van der Waals surface area contributed by atoms with Crippen LogP contribution < -0.4 is 10.7 Å². The first-order valence-electron chi connectivity index (χ1n) is 9.66. The van der Waals surface area contributed by atoms with E-state index in [4.69, 9.17) is 16.3 Å². The van der Waals surface area contributed by atoms with Crippen molar-refractivity contribution in [3.63, 3.8) is 0 Å². The summed E-state index contributed by atoms with van der Waals surface area (Å²) in [6.45, 7) is 0.585. The second-order valence-corrected chi connectivity index (χ2v) is 8.32. The van der Waals surface area contributed by atoms with Crippen LogP contribution in [0.1, 0.15) is 32.8 Å². The first-order valence-corrected chi connectivity index (χ1v) is 10.0. The summed E-state index contributed by atoms with van der Waals surface area (Å²) in [7, 11) is 3.21. The summed E-state index contributed by atoms with van der Waals surface area (Å²) < 4.78 is 20.7. The lowest BCUT2D eigenvalue weighted by atomic mass is 10.0. The van der Waals surface area contributed by atoms with E-state index in [1.54, 1.807) is 20.2 Å². The van der Waals surface area contributed by atoms with Gasteiger partial charge in [0.2, 0.25) is 5.43 Å². The molecule has 2 N–H and O–H groups in total. The Morgan fingerprint density at radius 3 is 2.81 bits per heavy atom. The van der Waals surface area contributed by atoms with Gasteiger partial charge in [0.1, 0.15) is 11.4 Å². The highest BCUT2D eigenvalue weighted by Gasteiger charge is 2.61. The third kappa shape index (κ3) is 3.74. The third-order valence-corrected chi connectivity index (χ3v) is 6.45. The number of hydrogen-bond acceptors (Lipinski definition) is 5. The molecule has 4 rings (SSSR count). The van der Waals surface area contributed by atoms with Crippen molar-refractivity contribution in [2.24, 2.45) is 5.92 Å². The number of hydrogen-bond donors (Lipinski definition) is 2. The number of pyridine rings is 1. The first-order chi connectivity index (χ1) is 14.7. The van der Waals surface area contributed by atoms with E-state index in [1.807, 2.05) is 0 Å².